The van der Waals surface area contributed by atoms with E-state index in [1.165, 1.54) is 14.0 Å². The standard InChI is InChI=1S/C23H24N2O5/c1-15(26)17-7-8-20(21(13-17)28-2)29-14-22(27)25-11-9-16(10-12-25)23-24-18-5-3-4-6-19(18)30-23/h3-8,13,16H,9-12,14H2,1-2H3. The molecule has 2 heterocycles. The number of Topliss-reactive ketones (excluding diaryl/α,β-unsaturated/α-hetero) is 1. The topological polar surface area (TPSA) is 81.9 Å². The second-order valence-electron chi connectivity index (χ2n) is 7.39. The van der Waals surface area contributed by atoms with Crippen LogP contribution in [0.15, 0.2) is 46.9 Å². The lowest BCUT2D eigenvalue weighted by Gasteiger charge is -2.30. The van der Waals surface area contributed by atoms with Crippen LogP contribution in [0.25, 0.3) is 11.1 Å². The van der Waals surface area contributed by atoms with Gasteiger partial charge in [-0.05, 0) is 50.1 Å². The predicted molar refractivity (Wildman–Crippen MR) is 111 cm³/mol. The molecule has 0 N–H and O–H groups in total. The van der Waals surface area contributed by atoms with Crippen LogP contribution in [0.5, 0.6) is 11.5 Å². The minimum absolute atomic E-state index is 0.0576. The molecule has 1 aliphatic rings. The SMILES string of the molecule is COc1cc(C(C)=O)ccc1OCC(=O)N1CCC(c2nc3ccccc3o2)CC1. The maximum absolute atomic E-state index is 12.6. The van der Waals surface area contributed by atoms with Gasteiger partial charge in [0.2, 0.25) is 0 Å². The number of aromatic nitrogens is 1. The zero-order chi connectivity index (χ0) is 21.1. The van der Waals surface area contributed by atoms with E-state index >= 15 is 0 Å². The van der Waals surface area contributed by atoms with Gasteiger partial charge >= 0.3 is 0 Å². The summed E-state index contributed by atoms with van der Waals surface area (Å²) in [6.45, 7) is 2.67. The molecule has 0 spiro atoms. The monoisotopic (exact) mass is 408 g/mol. The molecule has 1 amide bonds. The number of rotatable bonds is 6. The number of hydrogen-bond donors (Lipinski definition) is 0. The van der Waals surface area contributed by atoms with Gasteiger partial charge in [-0.15, -0.1) is 0 Å². The van der Waals surface area contributed by atoms with Crippen molar-refractivity contribution in [2.45, 2.75) is 25.7 Å². The summed E-state index contributed by atoms with van der Waals surface area (Å²) in [5.74, 6) is 1.69. The third-order valence-electron chi connectivity index (χ3n) is 5.43. The highest BCUT2D eigenvalue weighted by Gasteiger charge is 2.27. The highest BCUT2D eigenvalue weighted by Crippen LogP contribution is 2.31. The Labute approximate surface area is 174 Å². The van der Waals surface area contributed by atoms with Crippen LogP contribution in [0.1, 0.15) is 41.9 Å². The van der Waals surface area contributed by atoms with Crippen LogP contribution in [0.4, 0.5) is 0 Å². The third kappa shape index (κ3) is 4.15. The summed E-state index contributed by atoms with van der Waals surface area (Å²) < 4.78 is 16.8. The highest BCUT2D eigenvalue weighted by molar-refractivity contribution is 5.94. The Morgan fingerprint density at radius 1 is 1.13 bits per heavy atom. The van der Waals surface area contributed by atoms with E-state index in [0.717, 1.165) is 29.8 Å². The van der Waals surface area contributed by atoms with Crippen LogP contribution >= 0.6 is 0 Å². The molecule has 1 saturated heterocycles. The number of piperidine rings is 1. The highest BCUT2D eigenvalue weighted by atomic mass is 16.5. The van der Waals surface area contributed by atoms with Gasteiger partial charge in [0.05, 0.1) is 7.11 Å². The van der Waals surface area contributed by atoms with Gasteiger partial charge in [-0.3, -0.25) is 9.59 Å². The second kappa shape index (κ2) is 8.57. The maximum Gasteiger partial charge on any atom is 0.260 e. The molecule has 1 aliphatic heterocycles. The number of para-hydroxylation sites is 2. The van der Waals surface area contributed by atoms with Crippen LogP contribution < -0.4 is 9.47 Å². The van der Waals surface area contributed by atoms with Gasteiger partial charge in [-0.2, -0.15) is 0 Å². The summed E-state index contributed by atoms with van der Waals surface area (Å²) in [7, 11) is 1.50. The minimum atomic E-state index is -0.0800. The summed E-state index contributed by atoms with van der Waals surface area (Å²) in [6, 6.07) is 12.7. The van der Waals surface area contributed by atoms with Crippen molar-refractivity contribution in [3.05, 3.63) is 53.9 Å². The van der Waals surface area contributed by atoms with Crippen LogP contribution in [-0.4, -0.2) is 48.4 Å². The number of benzene rings is 2. The van der Waals surface area contributed by atoms with E-state index in [1.807, 2.05) is 24.3 Å². The van der Waals surface area contributed by atoms with Crippen molar-refractivity contribution in [2.75, 3.05) is 26.8 Å². The molecule has 7 heteroatoms. The van der Waals surface area contributed by atoms with E-state index < -0.39 is 0 Å². The second-order valence-corrected chi connectivity index (χ2v) is 7.39. The van der Waals surface area contributed by atoms with E-state index in [-0.39, 0.29) is 24.2 Å². The van der Waals surface area contributed by atoms with E-state index in [2.05, 4.69) is 4.98 Å². The van der Waals surface area contributed by atoms with Crippen molar-refractivity contribution < 1.29 is 23.5 Å². The average molecular weight is 408 g/mol. The largest absolute Gasteiger partial charge is 0.493 e. The molecule has 3 aromatic rings. The lowest BCUT2D eigenvalue weighted by atomic mass is 9.97. The molecule has 30 heavy (non-hydrogen) atoms. The van der Waals surface area contributed by atoms with Crippen molar-refractivity contribution in [3.8, 4) is 11.5 Å². The Morgan fingerprint density at radius 3 is 2.60 bits per heavy atom. The number of oxazole rings is 1. The minimum Gasteiger partial charge on any atom is -0.493 e. The van der Waals surface area contributed by atoms with Crippen molar-refractivity contribution in [2.24, 2.45) is 0 Å². The number of ketones is 1. The fourth-order valence-electron chi connectivity index (χ4n) is 3.68. The zero-order valence-corrected chi connectivity index (χ0v) is 17.1. The zero-order valence-electron chi connectivity index (χ0n) is 17.1. The molecule has 4 rings (SSSR count). The van der Waals surface area contributed by atoms with Gasteiger partial charge in [0.15, 0.2) is 35.4 Å². The number of nitrogens with zero attached hydrogens (tertiary/aromatic N) is 2. The van der Waals surface area contributed by atoms with Crippen LogP contribution in [-0.2, 0) is 4.79 Å². The summed E-state index contributed by atoms with van der Waals surface area (Å²) in [5, 5.41) is 0. The number of ether oxygens (including phenoxy) is 2. The van der Waals surface area contributed by atoms with Crippen LogP contribution in [0, 0.1) is 0 Å². The number of carbonyl (C=O) groups is 2. The van der Waals surface area contributed by atoms with Crippen molar-refractivity contribution in [1.82, 2.24) is 9.88 Å². The molecule has 7 nitrogen and oxygen atoms in total. The van der Waals surface area contributed by atoms with E-state index in [9.17, 15) is 9.59 Å². The Hall–Kier alpha value is -3.35. The molecule has 1 aromatic heterocycles. The summed E-state index contributed by atoms with van der Waals surface area (Å²) in [4.78, 5) is 30.5. The first kappa shape index (κ1) is 19.9. The number of amides is 1. The molecule has 0 unspecified atom stereocenters. The number of likely N-dealkylation sites (tertiary alicyclic amines) is 1. The lowest BCUT2D eigenvalue weighted by Crippen LogP contribution is -2.40. The third-order valence-corrected chi connectivity index (χ3v) is 5.43. The Morgan fingerprint density at radius 2 is 1.90 bits per heavy atom. The fraction of sp³-hybridized carbons (Fsp3) is 0.348. The normalized spacial score (nSPS) is 14.7. The van der Waals surface area contributed by atoms with Crippen molar-refractivity contribution in [1.29, 1.82) is 0 Å². The number of hydrogen-bond acceptors (Lipinski definition) is 6. The molecule has 156 valence electrons. The first-order valence-electron chi connectivity index (χ1n) is 10.00. The smallest absolute Gasteiger partial charge is 0.260 e. The van der Waals surface area contributed by atoms with E-state index in [0.29, 0.717) is 30.2 Å². The van der Waals surface area contributed by atoms with Crippen LogP contribution in [0.2, 0.25) is 0 Å². The molecular formula is C23H24N2O5. The van der Waals surface area contributed by atoms with Gasteiger partial charge in [0.25, 0.3) is 5.91 Å². The summed E-state index contributed by atoms with van der Waals surface area (Å²) >= 11 is 0. The molecule has 0 bridgehead atoms. The molecule has 2 aromatic carbocycles. The molecule has 0 saturated carbocycles. The van der Waals surface area contributed by atoms with E-state index in [4.69, 9.17) is 13.9 Å². The predicted octanol–water partition coefficient (Wildman–Crippen LogP) is 3.82. The van der Waals surface area contributed by atoms with E-state index in [1.54, 1.807) is 23.1 Å². The molecular weight excluding hydrogens is 384 g/mol. The van der Waals surface area contributed by atoms with Gasteiger partial charge in [-0.25, -0.2) is 4.98 Å². The molecule has 0 aliphatic carbocycles. The molecule has 0 atom stereocenters. The Bertz CT molecular complexity index is 1030. The van der Waals surface area contributed by atoms with Crippen LogP contribution in [0.3, 0.4) is 0 Å². The van der Waals surface area contributed by atoms with Gasteiger partial charge in [0, 0.05) is 24.6 Å². The van der Waals surface area contributed by atoms with Gasteiger partial charge in [0.1, 0.15) is 5.52 Å². The van der Waals surface area contributed by atoms with Crippen molar-refractivity contribution >= 4 is 22.8 Å². The van der Waals surface area contributed by atoms with Crippen molar-refractivity contribution in [3.63, 3.8) is 0 Å². The summed E-state index contributed by atoms with van der Waals surface area (Å²) in [6.07, 6.45) is 1.60. The summed E-state index contributed by atoms with van der Waals surface area (Å²) in [5.41, 5.74) is 2.19. The lowest BCUT2D eigenvalue weighted by molar-refractivity contribution is -0.134. The molecule has 0 radical (unpaired) electrons. The maximum atomic E-state index is 12.6. The number of fused-ring (bicyclic) bond motifs is 1. The quantitative estimate of drug-likeness (QED) is 0.577. The first-order chi connectivity index (χ1) is 14.5. The number of carbonyl (C=O) groups excluding carboxylic acids is 2. The van der Waals surface area contributed by atoms with Gasteiger partial charge in [-0.1, -0.05) is 12.1 Å². The fourth-order valence-corrected chi connectivity index (χ4v) is 3.68. The number of methoxy groups -OCH3 is 1. The Kier molecular flexibility index (Phi) is 5.70. The molecule has 1 fully saturated rings. The van der Waals surface area contributed by atoms with Gasteiger partial charge < -0.3 is 18.8 Å². The Balaban J connectivity index is 1.33. The first-order valence-corrected chi connectivity index (χ1v) is 10.00. The average Bonchev–Trinajstić information content (AvgIpc) is 3.21.